The van der Waals surface area contributed by atoms with Crippen molar-refractivity contribution in [2.24, 2.45) is 11.8 Å². The number of rotatable bonds is 5. The number of hydrogen-bond acceptors (Lipinski definition) is 4. The van der Waals surface area contributed by atoms with Crippen LogP contribution in [0.4, 0.5) is 10.5 Å². The molecule has 3 fully saturated rings. The Morgan fingerprint density at radius 2 is 1.78 bits per heavy atom. The molecule has 2 saturated carbocycles. The molecule has 1 N–H and O–H groups in total. The Balaban J connectivity index is 1.47. The number of anilines is 1. The number of amides is 3. The molecule has 0 aromatic carbocycles. The predicted molar refractivity (Wildman–Crippen MR) is 147 cm³/mol. The Kier molecular flexibility index (Phi) is 7.40. The van der Waals surface area contributed by atoms with Gasteiger partial charge in [0.05, 0.1) is 11.2 Å². The molecule has 37 heavy (non-hydrogen) atoms. The summed E-state index contributed by atoms with van der Waals surface area (Å²) in [6.45, 7) is 2.96. The quantitative estimate of drug-likeness (QED) is 0.491. The Labute approximate surface area is 224 Å². The summed E-state index contributed by atoms with van der Waals surface area (Å²) in [6.07, 6.45) is 13.6. The Morgan fingerprint density at radius 3 is 2.35 bits per heavy atom. The number of allylic oxidation sites excluding steroid dienone is 2. The molecule has 7 nitrogen and oxygen atoms in total. The first kappa shape index (κ1) is 26.3. The molecule has 1 aromatic rings. The molecule has 1 aliphatic heterocycles. The van der Waals surface area contributed by atoms with Crippen molar-refractivity contribution in [3.05, 3.63) is 21.9 Å². The van der Waals surface area contributed by atoms with E-state index in [1.165, 1.54) is 23.3 Å². The number of likely N-dealkylation sites (N-methyl/N-ethyl adjacent to an activating group) is 2. The second kappa shape index (κ2) is 10.4. The van der Waals surface area contributed by atoms with Crippen LogP contribution in [-0.4, -0.2) is 65.0 Å². The topological polar surface area (TPSA) is 81.2 Å². The van der Waals surface area contributed by atoms with Crippen molar-refractivity contribution in [2.75, 3.05) is 25.5 Å². The van der Waals surface area contributed by atoms with Gasteiger partial charge in [-0.15, -0.1) is 11.3 Å². The molecule has 0 atom stereocenters. The van der Waals surface area contributed by atoms with Gasteiger partial charge in [0.25, 0.3) is 0 Å². The standard InChI is InChI=1S/C29H41N3O4S/c1-19-9-11-21(12-10-19)26(33)32(22-13-15-29(16-14-22)18-30(2)28(36)31(29)3)23-17-24(37-25(23)27(34)35)20-7-5-4-6-8-20/h7,17,19,21-22H,4-6,8-16,18H2,1-3H3,(H,34,35). The highest BCUT2D eigenvalue weighted by molar-refractivity contribution is 7.15. The van der Waals surface area contributed by atoms with Crippen LogP contribution in [0.15, 0.2) is 12.1 Å². The minimum Gasteiger partial charge on any atom is -0.477 e. The van der Waals surface area contributed by atoms with E-state index in [0.717, 1.165) is 75.5 Å². The number of hydrogen-bond donors (Lipinski definition) is 1. The number of urea groups is 1. The van der Waals surface area contributed by atoms with Gasteiger partial charge in [-0.3, -0.25) is 4.79 Å². The monoisotopic (exact) mass is 527 g/mol. The Morgan fingerprint density at radius 1 is 1.08 bits per heavy atom. The number of thiophene rings is 1. The molecule has 3 aliphatic carbocycles. The Hall–Kier alpha value is -2.35. The van der Waals surface area contributed by atoms with E-state index < -0.39 is 5.97 Å². The molecule has 0 bridgehead atoms. The summed E-state index contributed by atoms with van der Waals surface area (Å²) in [7, 11) is 3.75. The maximum absolute atomic E-state index is 14.2. The smallest absolute Gasteiger partial charge is 0.348 e. The van der Waals surface area contributed by atoms with Gasteiger partial charge in [0.15, 0.2) is 0 Å². The van der Waals surface area contributed by atoms with E-state index in [1.807, 2.05) is 30.0 Å². The first-order chi connectivity index (χ1) is 17.7. The first-order valence-electron chi connectivity index (χ1n) is 14.1. The highest BCUT2D eigenvalue weighted by Gasteiger charge is 2.49. The minimum absolute atomic E-state index is 0.0483. The zero-order chi connectivity index (χ0) is 26.3. The number of carboxylic acids is 1. The van der Waals surface area contributed by atoms with Crippen molar-refractivity contribution in [1.82, 2.24) is 9.80 Å². The average Bonchev–Trinajstić information content (AvgIpc) is 3.42. The minimum atomic E-state index is -0.951. The van der Waals surface area contributed by atoms with Gasteiger partial charge in [0.2, 0.25) is 5.91 Å². The van der Waals surface area contributed by atoms with E-state index in [1.54, 1.807) is 4.90 Å². The van der Waals surface area contributed by atoms with Crippen molar-refractivity contribution in [3.8, 4) is 0 Å². The van der Waals surface area contributed by atoms with Crippen LogP contribution in [0.1, 0.15) is 98.5 Å². The van der Waals surface area contributed by atoms with Gasteiger partial charge in [-0.25, -0.2) is 9.59 Å². The van der Waals surface area contributed by atoms with E-state index >= 15 is 0 Å². The third-order valence-corrected chi connectivity index (χ3v) is 10.7. The molecular formula is C29H41N3O4S. The van der Waals surface area contributed by atoms with Crippen LogP contribution in [0, 0.1) is 11.8 Å². The van der Waals surface area contributed by atoms with E-state index in [0.29, 0.717) is 18.2 Å². The summed E-state index contributed by atoms with van der Waals surface area (Å²) in [6, 6.07) is 2.00. The van der Waals surface area contributed by atoms with Crippen LogP contribution in [-0.2, 0) is 4.79 Å². The molecular weight excluding hydrogens is 486 g/mol. The maximum atomic E-state index is 14.2. The van der Waals surface area contributed by atoms with Crippen molar-refractivity contribution in [2.45, 2.75) is 95.6 Å². The fraction of sp³-hybridized carbons (Fsp3) is 0.690. The fourth-order valence-corrected chi connectivity index (χ4v) is 8.15. The normalized spacial score (nSPS) is 30.5. The second-order valence-corrected chi connectivity index (χ2v) is 13.0. The molecule has 8 heteroatoms. The van der Waals surface area contributed by atoms with E-state index in [2.05, 4.69) is 13.0 Å². The SMILES string of the molecule is CC1CCC(C(=O)N(c2cc(C3=CCCCC3)sc2C(=O)O)C2CCC3(CC2)CN(C)C(=O)N3C)CC1. The lowest BCUT2D eigenvalue weighted by molar-refractivity contribution is -0.124. The summed E-state index contributed by atoms with van der Waals surface area (Å²) in [5.41, 5.74) is 1.62. The third kappa shape index (κ3) is 4.93. The zero-order valence-corrected chi connectivity index (χ0v) is 23.3. The number of carboxylic acid groups (broad SMARTS) is 1. The second-order valence-electron chi connectivity index (χ2n) is 11.9. The van der Waals surface area contributed by atoms with Crippen LogP contribution in [0.25, 0.3) is 5.57 Å². The lowest BCUT2D eigenvalue weighted by Gasteiger charge is -2.45. The highest BCUT2D eigenvalue weighted by Crippen LogP contribution is 2.45. The van der Waals surface area contributed by atoms with Crippen molar-refractivity contribution >= 4 is 40.5 Å². The molecule has 1 spiro atoms. The largest absolute Gasteiger partial charge is 0.477 e. The maximum Gasteiger partial charge on any atom is 0.348 e. The lowest BCUT2D eigenvalue weighted by Crippen LogP contribution is -2.53. The van der Waals surface area contributed by atoms with Crippen LogP contribution in [0.3, 0.4) is 0 Å². The molecule has 0 unspecified atom stereocenters. The molecule has 2 heterocycles. The van der Waals surface area contributed by atoms with E-state index in [9.17, 15) is 19.5 Å². The molecule has 4 aliphatic rings. The van der Waals surface area contributed by atoms with Gasteiger partial charge in [0, 0.05) is 37.5 Å². The van der Waals surface area contributed by atoms with Crippen molar-refractivity contribution < 1.29 is 19.5 Å². The van der Waals surface area contributed by atoms with Gasteiger partial charge < -0.3 is 19.8 Å². The molecule has 1 aromatic heterocycles. The zero-order valence-electron chi connectivity index (χ0n) is 22.5. The lowest BCUT2D eigenvalue weighted by atomic mass is 9.77. The van der Waals surface area contributed by atoms with Gasteiger partial charge >= 0.3 is 12.0 Å². The van der Waals surface area contributed by atoms with E-state index in [-0.39, 0.29) is 34.3 Å². The summed E-state index contributed by atoms with van der Waals surface area (Å²) in [5, 5.41) is 10.2. The van der Waals surface area contributed by atoms with Gasteiger partial charge in [-0.2, -0.15) is 0 Å². The van der Waals surface area contributed by atoms with Crippen LogP contribution in [0.2, 0.25) is 0 Å². The number of aromatic carboxylic acids is 1. The number of carbonyl (C=O) groups excluding carboxylic acids is 2. The van der Waals surface area contributed by atoms with Crippen molar-refractivity contribution in [1.29, 1.82) is 0 Å². The molecule has 5 rings (SSSR count). The molecule has 0 radical (unpaired) electrons. The first-order valence-corrected chi connectivity index (χ1v) is 14.9. The highest BCUT2D eigenvalue weighted by atomic mass is 32.1. The number of carbonyl (C=O) groups is 3. The molecule has 1 saturated heterocycles. The summed E-state index contributed by atoms with van der Waals surface area (Å²) < 4.78 is 0. The van der Waals surface area contributed by atoms with Crippen LogP contribution < -0.4 is 4.90 Å². The molecule has 3 amide bonds. The van der Waals surface area contributed by atoms with Gasteiger partial charge in [-0.1, -0.05) is 13.0 Å². The Bertz CT molecular complexity index is 1080. The summed E-state index contributed by atoms with van der Waals surface area (Å²) in [4.78, 5) is 46.1. The fourth-order valence-electron chi connectivity index (χ4n) is 7.10. The van der Waals surface area contributed by atoms with Crippen molar-refractivity contribution in [3.63, 3.8) is 0 Å². The summed E-state index contributed by atoms with van der Waals surface area (Å²) >= 11 is 1.33. The third-order valence-electron chi connectivity index (χ3n) is 9.48. The molecule has 202 valence electrons. The number of nitrogens with zero attached hydrogens (tertiary/aromatic N) is 3. The average molecular weight is 528 g/mol. The van der Waals surface area contributed by atoms with Gasteiger partial charge in [0.1, 0.15) is 4.88 Å². The summed E-state index contributed by atoms with van der Waals surface area (Å²) in [5.74, 6) is -0.258. The van der Waals surface area contributed by atoms with Gasteiger partial charge in [-0.05, 0) is 94.6 Å². The van der Waals surface area contributed by atoms with E-state index in [4.69, 9.17) is 0 Å². The van der Waals surface area contributed by atoms with Crippen LogP contribution in [0.5, 0.6) is 0 Å². The van der Waals surface area contributed by atoms with Crippen LogP contribution >= 0.6 is 11.3 Å². The predicted octanol–water partition coefficient (Wildman–Crippen LogP) is 6.24.